The lowest BCUT2D eigenvalue weighted by molar-refractivity contribution is -0.139. The van der Waals surface area contributed by atoms with E-state index >= 15 is 0 Å². The standard InChI is InChI=1S/C47H61N7O8S2/c1-29(2)54-37-21-15-19-34(42-49-32(28-63-42)24-30-16-11-10-12-17-30)39(37)51-44(54)61-33-26-38(40(48)55)53(27-33)43(57)36(50-45(58)62-46(3,4)5)20-14-9-7-8-13-18-31-25-35(31)41(56)52-64(59,60)47(6)22-23-47/h10-13,15-19,21,28-29,31,33,35-36,38H,7-9,14,20,22-27H2,1-6H3,(H2,48,55)(H,50,58)(H,52,56)/b18-13-/t31-,33-,35+,36+,38+/m1/s1. The van der Waals surface area contributed by atoms with E-state index in [-0.39, 0.29) is 30.8 Å². The summed E-state index contributed by atoms with van der Waals surface area (Å²) in [6.45, 7) is 11.0. The molecule has 2 aliphatic carbocycles. The molecule has 0 unspecified atom stereocenters. The van der Waals surface area contributed by atoms with Crippen LogP contribution in [0.5, 0.6) is 6.01 Å². The number of likely N-dealkylation sites (tertiary alicyclic amines) is 1. The maximum absolute atomic E-state index is 14.4. The van der Waals surface area contributed by atoms with Gasteiger partial charge in [0.15, 0.2) is 0 Å². The van der Waals surface area contributed by atoms with Crippen molar-refractivity contribution in [3.8, 4) is 16.6 Å². The van der Waals surface area contributed by atoms with Crippen molar-refractivity contribution in [2.45, 2.75) is 140 Å². The summed E-state index contributed by atoms with van der Waals surface area (Å²) >= 11 is 1.56. The zero-order chi connectivity index (χ0) is 46.0. The lowest BCUT2D eigenvalue weighted by atomic mass is 10.0. The van der Waals surface area contributed by atoms with Crippen molar-refractivity contribution < 1.29 is 37.1 Å². The molecule has 7 rings (SSSR count). The minimum absolute atomic E-state index is 0.0121. The topological polar surface area (TPSA) is 205 Å². The number of benzene rings is 2. The van der Waals surface area contributed by atoms with Gasteiger partial charge in [0.2, 0.25) is 27.7 Å². The second kappa shape index (κ2) is 19.0. The van der Waals surface area contributed by atoms with Gasteiger partial charge >= 0.3 is 6.09 Å². The molecule has 2 aromatic carbocycles. The fourth-order valence-electron chi connectivity index (χ4n) is 8.18. The number of carbonyl (C=O) groups excluding carboxylic acids is 4. The molecule has 0 spiro atoms. The Hall–Kier alpha value is -5.29. The fraction of sp³-hybridized carbons (Fsp3) is 0.532. The second-order valence-electron chi connectivity index (χ2n) is 18.9. The maximum Gasteiger partial charge on any atom is 0.408 e. The monoisotopic (exact) mass is 915 g/mol. The first-order chi connectivity index (χ1) is 30.3. The van der Waals surface area contributed by atoms with Crippen LogP contribution in [0.3, 0.4) is 0 Å². The highest BCUT2D eigenvalue weighted by Gasteiger charge is 2.52. The molecule has 0 radical (unpaired) electrons. The zero-order valence-electron chi connectivity index (χ0n) is 37.5. The van der Waals surface area contributed by atoms with Crippen LogP contribution in [-0.2, 0) is 35.6 Å². The van der Waals surface area contributed by atoms with Crippen LogP contribution in [0.25, 0.3) is 21.6 Å². The summed E-state index contributed by atoms with van der Waals surface area (Å²) in [5, 5.41) is 5.67. The van der Waals surface area contributed by atoms with Gasteiger partial charge < -0.3 is 25.4 Å². The molecule has 3 heterocycles. The van der Waals surface area contributed by atoms with Gasteiger partial charge in [0.25, 0.3) is 6.01 Å². The van der Waals surface area contributed by atoms with Gasteiger partial charge in [-0.3, -0.25) is 23.7 Å². The molecule has 17 heteroatoms. The predicted octanol–water partition coefficient (Wildman–Crippen LogP) is 7.20. The van der Waals surface area contributed by atoms with E-state index in [0.717, 1.165) is 53.0 Å². The molecule has 2 saturated carbocycles. The smallest absolute Gasteiger partial charge is 0.408 e. The van der Waals surface area contributed by atoms with Gasteiger partial charge in [0, 0.05) is 35.7 Å². The average Bonchev–Trinajstić information content (AvgIpc) is 4.00. The molecule has 2 aromatic heterocycles. The van der Waals surface area contributed by atoms with E-state index in [1.165, 1.54) is 10.5 Å². The summed E-state index contributed by atoms with van der Waals surface area (Å²) in [5.74, 6) is -1.89. The van der Waals surface area contributed by atoms with Crippen molar-refractivity contribution in [3.63, 3.8) is 0 Å². The molecule has 4 N–H and O–H groups in total. The molecule has 344 valence electrons. The number of allylic oxidation sites excluding steroid dienone is 2. The van der Waals surface area contributed by atoms with E-state index in [0.29, 0.717) is 38.1 Å². The molecule has 3 fully saturated rings. The number of hydrogen-bond acceptors (Lipinski definition) is 11. The van der Waals surface area contributed by atoms with Crippen LogP contribution >= 0.6 is 11.3 Å². The van der Waals surface area contributed by atoms with Gasteiger partial charge in [-0.15, -0.1) is 11.3 Å². The number of nitrogens with one attached hydrogen (secondary N) is 2. The molecule has 64 heavy (non-hydrogen) atoms. The highest BCUT2D eigenvalue weighted by molar-refractivity contribution is 7.91. The molecule has 4 amide bonds. The number of fused-ring (bicyclic) bond motifs is 1. The summed E-state index contributed by atoms with van der Waals surface area (Å²) in [6.07, 6.45) is 8.38. The summed E-state index contributed by atoms with van der Waals surface area (Å²) in [4.78, 5) is 64.3. The summed E-state index contributed by atoms with van der Waals surface area (Å²) in [5.41, 5.74) is 9.75. The summed E-state index contributed by atoms with van der Waals surface area (Å²) in [6, 6.07) is 14.5. The maximum atomic E-state index is 14.4. The van der Waals surface area contributed by atoms with Gasteiger partial charge in [-0.1, -0.05) is 61.4 Å². The molecular weight excluding hydrogens is 855 g/mol. The average molecular weight is 916 g/mol. The number of para-hydroxylation sites is 1. The van der Waals surface area contributed by atoms with Gasteiger partial charge in [-0.2, -0.15) is 4.98 Å². The minimum Gasteiger partial charge on any atom is -0.459 e. The van der Waals surface area contributed by atoms with Crippen molar-refractivity contribution >= 4 is 56.2 Å². The Balaban J connectivity index is 0.988. The normalized spacial score (nSPS) is 21.0. The van der Waals surface area contributed by atoms with Crippen molar-refractivity contribution in [3.05, 3.63) is 77.3 Å². The molecule has 1 saturated heterocycles. The number of hydrogen-bond donors (Lipinski definition) is 3. The third-order valence-electron chi connectivity index (χ3n) is 12.1. The van der Waals surface area contributed by atoms with Crippen molar-refractivity contribution in [1.29, 1.82) is 0 Å². The van der Waals surface area contributed by atoms with E-state index < -0.39 is 62.4 Å². The molecule has 1 aliphatic heterocycles. The zero-order valence-corrected chi connectivity index (χ0v) is 39.2. The summed E-state index contributed by atoms with van der Waals surface area (Å²) in [7, 11) is -3.65. The van der Waals surface area contributed by atoms with Gasteiger partial charge in [0.1, 0.15) is 34.3 Å². The predicted molar refractivity (Wildman–Crippen MR) is 246 cm³/mol. The van der Waals surface area contributed by atoms with Crippen molar-refractivity contribution in [2.75, 3.05) is 6.54 Å². The molecule has 0 bridgehead atoms. The van der Waals surface area contributed by atoms with Gasteiger partial charge in [0.05, 0.1) is 22.5 Å². The molecular formula is C47H61N7O8S2. The first kappa shape index (κ1) is 46.7. The number of nitrogens with zero attached hydrogens (tertiary/aromatic N) is 4. The first-order valence-corrected chi connectivity index (χ1v) is 24.7. The lowest BCUT2D eigenvalue weighted by Crippen LogP contribution is -2.53. The largest absolute Gasteiger partial charge is 0.459 e. The Morgan fingerprint density at radius 2 is 1.77 bits per heavy atom. The highest BCUT2D eigenvalue weighted by Crippen LogP contribution is 2.44. The van der Waals surface area contributed by atoms with Crippen LogP contribution in [0.1, 0.15) is 117 Å². The van der Waals surface area contributed by atoms with E-state index in [1.54, 1.807) is 39.0 Å². The van der Waals surface area contributed by atoms with Gasteiger partial charge in [-0.25, -0.2) is 18.2 Å². The quantitative estimate of drug-likeness (QED) is 0.0637. The van der Waals surface area contributed by atoms with E-state index in [1.807, 2.05) is 67.0 Å². The lowest BCUT2D eigenvalue weighted by Gasteiger charge is -2.28. The number of unbranched alkanes of at least 4 members (excludes halogenated alkanes) is 3. The minimum atomic E-state index is -3.65. The number of ether oxygens (including phenoxy) is 2. The number of nitrogens with two attached hydrogens (primary N) is 1. The Labute approximate surface area is 379 Å². The molecule has 4 aromatic rings. The first-order valence-electron chi connectivity index (χ1n) is 22.3. The number of alkyl carbamates (subject to hydrolysis) is 1. The number of primary amides is 1. The van der Waals surface area contributed by atoms with Crippen LogP contribution in [0, 0.1) is 11.8 Å². The number of sulfonamides is 1. The van der Waals surface area contributed by atoms with Crippen LogP contribution in [0.2, 0.25) is 0 Å². The Bertz CT molecular complexity index is 2490. The fourth-order valence-corrected chi connectivity index (χ4v) is 10.3. The molecule has 3 aliphatic rings. The number of carbonyl (C=O) groups is 4. The number of aromatic nitrogens is 3. The van der Waals surface area contributed by atoms with Crippen LogP contribution in [-0.4, -0.2) is 86.7 Å². The van der Waals surface area contributed by atoms with Crippen molar-refractivity contribution in [2.24, 2.45) is 17.6 Å². The molecule has 15 nitrogen and oxygen atoms in total. The second-order valence-corrected chi connectivity index (χ2v) is 22.0. The Morgan fingerprint density at radius 1 is 1.02 bits per heavy atom. The van der Waals surface area contributed by atoms with Crippen molar-refractivity contribution in [1.82, 2.24) is 29.5 Å². The Kier molecular flexibility index (Phi) is 13.9. The summed E-state index contributed by atoms with van der Waals surface area (Å²) < 4.78 is 40.5. The van der Waals surface area contributed by atoms with E-state index in [2.05, 4.69) is 27.6 Å². The number of amides is 4. The van der Waals surface area contributed by atoms with Crippen LogP contribution in [0.4, 0.5) is 4.79 Å². The third kappa shape index (κ3) is 11.1. The number of rotatable bonds is 19. The van der Waals surface area contributed by atoms with Crippen LogP contribution in [0.15, 0.2) is 66.1 Å². The van der Waals surface area contributed by atoms with Crippen LogP contribution < -0.4 is 20.5 Å². The van der Waals surface area contributed by atoms with Gasteiger partial charge in [-0.05, 0) is 104 Å². The number of imidazole rings is 1. The molecule has 5 atom stereocenters. The SMILES string of the molecule is CC(C)n1c(O[C@@H]2C[C@@H](C(N)=O)N(C(=O)[C@H](CCCCC/C=C\[C@@H]3C[C@@H]3C(=O)NS(=O)(=O)C3(C)CC3)NC(=O)OC(C)(C)C)C2)nc2c(-c3nc(Cc4ccccc4)cs3)cccc21. The van der Waals surface area contributed by atoms with E-state index in [9.17, 15) is 27.6 Å². The Morgan fingerprint density at radius 3 is 2.45 bits per heavy atom. The highest BCUT2D eigenvalue weighted by atomic mass is 32.2. The van der Waals surface area contributed by atoms with E-state index in [4.69, 9.17) is 25.2 Å². The number of thiazole rings is 1. The third-order valence-corrected chi connectivity index (χ3v) is 15.2.